The van der Waals surface area contributed by atoms with Crippen molar-refractivity contribution >= 4 is 0 Å². The quantitative estimate of drug-likeness (QED) is 0.797. The van der Waals surface area contributed by atoms with Gasteiger partial charge >= 0.3 is 0 Å². The van der Waals surface area contributed by atoms with Gasteiger partial charge in [0.2, 0.25) is 0 Å². The number of benzene rings is 1. The van der Waals surface area contributed by atoms with Crippen molar-refractivity contribution in [3.05, 3.63) is 53.6 Å². The van der Waals surface area contributed by atoms with Crippen LogP contribution in [0.15, 0.2) is 36.8 Å². The topological polar surface area (TPSA) is 28.7 Å². The Hall–Kier alpha value is -1.57. The Morgan fingerprint density at radius 3 is 1.95 bits per heavy atom. The van der Waals surface area contributed by atoms with Crippen molar-refractivity contribution < 1.29 is 0 Å². The first-order valence-corrected chi connectivity index (χ1v) is 7.50. The zero-order valence-electron chi connectivity index (χ0n) is 13.5. The highest BCUT2D eigenvalue weighted by molar-refractivity contribution is 5.21. The van der Waals surface area contributed by atoms with Crippen LogP contribution < -0.4 is 0 Å². The van der Waals surface area contributed by atoms with Crippen LogP contribution in [-0.4, -0.2) is 9.97 Å². The molecule has 0 aliphatic rings. The van der Waals surface area contributed by atoms with Gasteiger partial charge in [0, 0.05) is 11.9 Å². The molecular formula is C19H32N2. The minimum atomic E-state index is 0. The molecule has 0 radical (unpaired) electrons. The molecule has 1 aromatic carbocycles. The van der Waals surface area contributed by atoms with Crippen molar-refractivity contribution in [3.63, 3.8) is 0 Å². The molecular weight excluding hydrogens is 256 g/mol. The van der Waals surface area contributed by atoms with E-state index < -0.39 is 0 Å². The van der Waals surface area contributed by atoms with Gasteiger partial charge in [0.1, 0.15) is 0 Å². The van der Waals surface area contributed by atoms with Crippen molar-refractivity contribution in [1.82, 2.24) is 9.97 Å². The maximum Gasteiger partial charge on any atom is 0.0921 e. The number of aromatic amines is 1. The summed E-state index contributed by atoms with van der Waals surface area (Å²) in [6.45, 7) is 11.0. The van der Waals surface area contributed by atoms with Crippen LogP contribution in [-0.2, 0) is 12.8 Å². The number of rotatable bonds is 4. The molecule has 1 N–H and O–H groups in total. The Balaban J connectivity index is 0.000000370. The molecule has 21 heavy (non-hydrogen) atoms. The standard InChI is InChI=1S/C11H16.C7H12N2.CH4/c1-9(2)8-11-6-4-10(3)5-7-11;1-6(2)3-7-4-8-5-9-7;/h4-7,9H,8H2,1-3H3;4-6H,3H2,1-2H3,(H,8,9);1H4. The van der Waals surface area contributed by atoms with Gasteiger partial charge in [-0.2, -0.15) is 0 Å². The van der Waals surface area contributed by atoms with Gasteiger partial charge in [0.05, 0.1) is 6.33 Å². The smallest absolute Gasteiger partial charge is 0.0921 e. The number of H-pyrrole nitrogens is 1. The summed E-state index contributed by atoms with van der Waals surface area (Å²) < 4.78 is 0. The summed E-state index contributed by atoms with van der Waals surface area (Å²) >= 11 is 0. The summed E-state index contributed by atoms with van der Waals surface area (Å²) in [5.41, 5.74) is 4.02. The van der Waals surface area contributed by atoms with E-state index in [-0.39, 0.29) is 7.43 Å². The van der Waals surface area contributed by atoms with Crippen LogP contribution in [0, 0.1) is 18.8 Å². The van der Waals surface area contributed by atoms with Gasteiger partial charge in [0.15, 0.2) is 0 Å². The molecule has 2 aromatic rings. The largest absolute Gasteiger partial charge is 0.348 e. The van der Waals surface area contributed by atoms with E-state index >= 15 is 0 Å². The summed E-state index contributed by atoms with van der Waals surface area (Å²) in [7, 11) is 0. The number of hydrogen-bond donors (Lipinski definition) is 1. The molecule has 0 aliphatic heterocycles. The molecule has 1 heterocycles. The zero-order valence-corrected chi connectivity index (χ0v) is 13.5. The average molecular weight is 288 g/mol. The van der Waals surface area contributed by atoms with Crippen LogP contribution in [0.1, 0.15) is 51.9 Å². The van der Waals surface area contributed by atoms with Crippen LogP contribution in [0.3, 0.4) is 0 Å². The van der Waals surface area contributed by atoms with Gasteiger partial charge in [-0.15, -0.1) is 0 Å². The van der Waals surface area contributed by atoms with E-state index in [2.05, 4.69) is 68.9 Å². The Morgan fingerprint density at radius 2 is 1.52 bits per heavy atom. The van der Waals surface area contributed by atoms with Gasteiger partial charge < -0.3 is 4.98 Å². The number of nitrogens with zero attached hydrogens (tertiary/aromatic N) is 1. The van der Waals surface area contributed by atoms with E-state index in [1.165, 1.54) is 23.2 Å². The molecule has 0 saturated heterocycles. The highest BCUT2D eigenvalue weighted by Gasteiger charge is 1.96. The lowest BCUT2D eigenvalue weighted by molar-refractivity contribution is 0.637. The lowest BCUT2D eigenvalue weighted by Gasteiger charge is -2.04. The van der Waals surface area contributed by atoms with Crippen LogP contribution in [0.25, 0.3) is 0 Å². The first kappa shape index (κ1) is 19.4. The van der Waals surface area contributed by atoms with Crippen molar-refractivity contribution in [2.45, 2.75) is 54.9 Å². The monoisotopic (exact) mass is 288 g/mol. The fourth-order valence-electron chi connectivity index (χ4n) is 2.03. The second-order valence-electron chi connectivity index (χ2n) is 6.26. The zero-order chi connectivity index (χ0) is 15.0. The number of aromatic nitrogens is 2. The summed E-state index contributed by atoms with van der Waals surface area (Å²) in [5, 5.41) is 0. The van der Waals surface area contributed by atoms with Crippen molar-refractivity contribution in [1.29, 1.82) is 0 Å². The van der Waals surface area contributed by atoms with E-state index in [1.807, 2.05) is 6.20 Å². The number of nitrogens with one attached hydrogen (secondary N) is 1. The van der Waals surface area contributed by atoms with E-state index in [9.17, 15) is 0 Å². The highest BCUT2D eigenvalue weighted by atomic mass is 14.9. The van der Waals surface area contributed by atoms with Gasteiger partial charge in [-0.05, 0) is 37.2 Å². The lowest BCUT2D eigenvalue weighted by Crippen LogP contribution is -1.93. The van der Waals surface area contributed by atoms with Gasteiger partial charge in [-0.25, -0.2) is 4.98 Å². The van der Waals surface area contributed by atoms with E-state index in [1.54, 1.807) is 6.33 Å². The van der Waals surface area contributed by atoms with Gasteiger partial charge in [-0.1, -0.05) is 65.0 Å². The number of hydrogen-bond acceptors (Lipinski definition) is 1. The van der Waals surface area contributed by atoms with E-state index in [4.69, 9.17) is 0 Å². The molecule has 0 amide bonds. The molecule has 0 atom stereocenters. The first-order chi connectivity index (χ1) is 9.47. The lowest BCUT2D eigenvalue weighted by atomic mass is 10.0. The highest BCUT2D eigenvalue weighted by Crippen LogP contribution is 2.08. The predicted molar refractivity (Wildman–Crippen MR) is 93.6 cm³/mol. The Morgan fingerprint density at radius 1 is 0.952 bits per heavy atom. The fourth-order valence-corrected chi connectivity index (χ4v) is 2.03. The third-order valence-electron chi connectivity index (χ3n) is 2.95. The molecule has 2 nitrogen and oxygen atoms in total. The Kier molecular flexibility index (Phi) is 9.44. The second kappa shape index (κ2) is 10.2. The molecule has 0 aliphatic carbocycles. The number of aryl methyl sites for hydroxylation is 1. The van der Waals surface area contributed by atoms with Gasteiger partial charge in [0.25, 0.3) is 0 Å². The summed E-state index contributed by atoms with van der Waals surface area (Å²) in [5.74, 6) is 1.48. The van der Waals surface area contributed by atoms with E-state index in [0.29, 0.717) is 5.92 Å². The normalized spacial score (nSPS) is 10.0. The molecule has 2 rings (SSSR count). The molecule has 2 heteroatoms. The van der Waals surface area contributed by atoms with Crippen LogP contribution in [0.2, 0.25) is 0 Å². The van der Waals surface area contributed by atoms with Crippen molar-refractivity contribution in [2.24, 2.45) is 11.8 Å². The minimum absolute atomic E-state index is 0. The number of imidazole rings is 1. The molecule has 1 aromatic heterocycles. The van der Waals surface area contributed by atoms with Crippen LogP contribution in [0.5, 0.6) is 0 Å². The second-order valence-corrected chi connectivity index (χ2v) is 6.26. The third-order valence-corrected chi connectivity index (χ3v) is 2.95. The third kappa shape index (κ3) is 9.06. The Labute approximate surface area is 131 Å². The maximum absolute atomic E-state index is 3.92. The maximum atomic E-state index is 3.92. The summed E-state index contributed by atoms with van der Waals surface area (Å²) in [6, 6.07) is 8.79. The predicted octanol–water partition coefficient (Wildman–Crippen LogP) is 5.44. The van der Waals surface area contributed by atoms with Crippen molar-refractivity contribution in [2.75, 3.05) is 0 Å². The molecule has 0 saturated carbocycles. The molecule has 118 valence electrons. The summed E-state index contributed by atoms with van der Waals surface area (Å²) in [4.78, 5) is 6.98. The minimum Gasteiger partial charge on any atom is -0.348 e. The average Bonchev–Trinajstić information content (AvgIpc) is 2.84. The molecule has 0 bridgehead atoms. The SMILES string of the molecule is C.CC(C)Cc1cnc[nH]1.Cc1ccc(CC(C)C)cc1. The van der Waals surface area contributed by atoms with Gasteiger partial charge in [-0.3, -0.25) is 0 Å². The molecule has 0 fully saturated rings. The molecule has 0 spiro atoms. The Bertz CT molecular complexity index is 453. The van der Waals surface area contributed by atoms with Crippen molar-refractivity contribution in [3.8, 4) is 0 Å². The van der Waals surface area contributed by atoms with Crippen LogP contribution >= 0.6 is 0 Å². The fraction of sp³-hybridized carbons (Fsp3) is 0.526. The summed E-state index contributed by atoms with van der Waals surface area (Å²) in [6.07, 6.45) is 5.89. The van der Waals surface area contributed by atoms with E-state index in [0.717, 1.165) is 12.3 Å². The van der Waals surface area contributed by atoms with Crippen LogP contribution in [0.4, 0.5) is 0 Å². The molecule has 0 unspecified atom stereocenters. The first-order valence-electron chi connectivity index (χ1n) is 7.50.